The molecule has 0 unspecified atom stereocenters. The third kappa shape index (κ3) is 3.97. The van der Waals surface area contributed by atoms with Gasteiger partial charge < -0.3 is 19.8 Å². The van der Waals surface area contributed by atoms with Crippen molar-refractivity contribution in [2.45, 2.75) is 6.92 Å². The first-order valence-corrected chi connectivity index (χ1v) is 11.4. The van der Waals surface area contributed by atoms with Crippen molar-refractivity contribution in [1.82, 2.24) is 29.5 Å². The number of fused-ring (bicyclic) bond motifs is 2. The summed E-state index contributed by atoms with van der Waals surface area (Å²) in [6.07, 6.45) is 7.14. The van der Waals surface area contributed by atoms with Crippen LogP contribution in [-0.2, 0) is 0 Å². The van der Waals surface area contributed by atoms with Crippen LogP contribution in [-0.4, -0.2) is 29.5 Å². The van der Waals surface area contributed by atoms with E-state index in [1.54, 1.807) is 18.0 Å². The molecule has 0 fully saturated rings. The van der Waals surface area contributed by atoms with E-state index in [1.807, 2.05) is 72.2 Å². The lowest BCUT2D eigenvalue weighted by molar-refractivity contribution is 0.478. The Morgan fingerprint density at radius 3 is 2.71 bits per heavy atom. The average Bonchev–Trinajstić information content (AvgIpc) is 3.53. The minimum absolute atomic E-state index is 0.712. The Morgan fingerprint density at radius 1 is 0.912 bits per heavy atom. The molecule has 10 heteroatoms. The molecule has 0 spiro atoms. The second-order valence-electron chi connectivity index (χ2n) is 7.59. The number of aromatic nitrogens is 6. The number of aryl methyl sites for hydroxylation is 1. The molecule has 34 heavy (non-hydrogen) atoms. The van der Waals surface area contributed by atoms with E-state index in [0.717, 1.165) is 50.1 Å². The molecule has 4 aromatic heterocycles. The van der Waals surface area contributed by atoms with E-state index < -0.39 is 0 Å². The largest absolute Gasteiger partial charge is 0.457 e. The molecular weight excluding hydrogens is 448 g/mol. The van der Waals surface area contributed by atoms with Crippen LogP contribution in [0.25, 0.3) is 16.6 Å². The first-order chi connectivity index (χ1) is 16.7. The number of nitrogens with one attached hydrogen (secondary N) is 2. The molecule has 0 atom stereocenters. The van der Waals surface area contributed by atoms with Crippen LogP contribution in [0, 0.1) is 6.92 Å². The number of hydrogen-bond acceptors (Lipinski definition) is 9. The predicted molar refractivity (Wildman–Crippen MR) is 132 cm³/mol. The molecule has 0 aliphatic rings. The van der Waals surface area contributed by atoms with E-state index >= 15 is 0 Å². The summed E-state index contributed by atoms with van der Waals surface area (Å²) in [4.78, 5) is 13.2. The van der Waals surface area contributed by atoms with Crippen molar-refractivity contribution in [3.8, 4) is 11.5 Å². The van der Waals surface area contributed by atoms with Crippen molar-refractivity contribution in [2.75, 3.05) is 10.6 Å². The molecule has 0 aliphatic heterocycles. The summed E-state index contributed by atoms with van der Waals surface area (Å²) in [6.45, 7) is 2.01. The summed E-state index contributed by atoms with van der Waals surface area (Å²) in [5, 5.41) is 16.2. The Hall–Kier alpha value is -4.57. The third-order valence-electron chi connectivity index (χ3n) is 5.28. The second-order valence-corrected chi connectivity index (χ2v) is 8.42. The summed E-state index contributed by atoms with van der Waals surface area (Å²) in [5.74, 6) is 2.22. The maximum Gasteiger partial charge on any atom is 0.209 e. The van der Waals surface area contributed by atoms with Gasteiger partial charge in [0.1, 0.15) is 34.8 Å². The van der Waals surface area contributed by atoms with Gasteiger partial charge in [-0.15, -0.1) is 10.2 Å². The molecule has 2 aromatic carbocycles. The lowest BCUT2D eigenvalue weighted by atomic mass is 10.1. The van der Waals surface area contributed by atoms with E-state index in [1.165, 1.54) is 11.3 Å². The summed E-state index contributed by atoms with van der Waals surface area (Å²) in [6, 6.07) is 15.7. The zero-order valence-electron chi connectivity index (χ0n) is 18.0. The molecule has 6 aromatic rings. The van der Waals surface area contributed by atoms with Crippen molar-refractivity contribution >= 4 is 50.2 Å². The number of ether oxygens (including phenoxy) is 1. The van der Waals surface area contributed by atoms with Crippen LogP contribution in [0.3, 0.4) is 0 Å². The van der Waals surface area contributed by atoms with Gasteiger partial charge in [-0.3, -0.25) is 0 Å². The van der Waals surface area contributed by atoms with E-state index in [2.05, 4.69) is 35.8 Å². The fraction of sp³-hybridized carbons (Fsp3) is 0.0417. The molecule has 0 saturated heterocycles. The highest BCUT2D eigenvalue weighted by Crippen LogP contribution is 2.31. The van der Waals surface area contributed by atoms with Gasteiger partial charge in [-0.2, -0.15) is 0 Å². The summed E-state index contributed by atoms with van der Waals surface area (Å²) >= 11 is 1.44. The van der Waals surface area contributed by atoms with Gasteiger partial charge in [0, 0.05) is 41.4 Å². The number of anilines is 4. The zero-order chi connectivity index (χ0) is 22.9. The predicted octanol–water partition coefficient (Wildman–Crippen LogP) is 5.72. The minimum Gasteiger partial charge on any atom is -0.457 e. The van der Waals surface area contributed by atoms with Gasteiger partial charge in [0.15, 0.2) is 0 Å². The van der Waals surface area contributed by atoms with Gasteiger partial charge in [0.25, 0.3) is 0 Å². The van der Waals surface area contributed by atoms with Gasteiger partial charge in [-0.1, -0.05) is 11.3 Å². The molecule has 0 aliphatic carbocycles. The summed E-state index contributed by atoms with van der Waals surface area (Å²) in [7, 11) is 0. The maximum absolute atomic E-state index is 6.10. The number of pyridine rings is 1. The molecule has 9 nitrogen and oxygen atoms in total. The van der Waals surface area contributed by atoms with E-state index in [0.29, 0.717) is 5.82 Å². The lowest BCUT2D eigenvalue weighted by Crippen LogP contribution is -1.98. The lowest BCUT2D eigenvalue weighted by Gasteiger charge is -2.13. The van der Waals surface area contributed by atoms with Crippen molar-refractivity contribution < 1.29 is 4.74 Å². The SMILES string of the molecule is Cc1cc(Nc2ncnc3ccc(Nc4nncs4)cc23)ccc1Oc1ccn2ccnc2c1. The second kappa shape index (κ2) is 8.41. The van der Waals surface area contributed by atoms with Crippen LogP contribution >= 0.6 is 11.3 Å². The molecule has 6 rings (SSSR count). The zero-order valence-corrected chi connectivity index (χ0v) is 18.8. The molecular formula is C24H18N8OS. The highest BCUT2D eigenvalue weighted by molar-refractivity contribution is 7.13. The standard InChI is InChI=1S/C24H18N8OS/c1-15-10-16(3-5-21(15)33-18-6-8-32-9-7-25-22(32)12-18)29-23-19-11-17(30-24-31-28-14-34-24)2-4-20(19)26-13-27-23/h2-14H,1H3,(H,30,31)(H,26,27,29). The van der Waals surface area contributed by atoms with E-state index in [4.69, 9.17) is 4.74 Å². The summed E-state index contributed by atoms with van der Waals surface area (Å²) in [5.41, 5.74) is 6.14. The highest BCUT2D eigenvalue weighted by atomic mass is 32.1. The topological polar surface area (TPSA) is 102 Å². The Bertz CT molecular complexity index is 1610. The van der Waals surface area contributed by atoms with Crippen LogP contribution < -0.4 is 15.4 Å². The van der Waals surface area contributed by atoms with Crippen LogP contribution in [0.15, 0.2) is 79.0 Å². The van der Waals surface area contributed by atoms with E-state index in [9.17, 15) is 0 Å². The van der Waals surface area contributed by atoms with Crippen LogP contribution in [0.2, 0.25) is 0 Å². The van der Waals surface area contributed by atoms with Gasteiger partial charge >= 0.3 is 0 Å². The monoisotopic (exact) mass is 466 g/mol. The normalized spacial score (nSPS) is 11.1. The quantitative estimate of drug-likeness (QED) is 0.321. The number of imidazole rings is 1. The number of nitrogens with zero attached hydrogens (tertiary/aromatic N) is 6. The Morgan fingerprint density at radius 2 is 1.82 bits per heavy atom. The fourth-order valence-electron chi connectivity index (χ4n) is 3.65. The third-order valence-corrected chi connectivity index (χ3v) is 5.89. The number of rotatable bonds is 6. The summed E-state index contributed by atoms with van der Waals surface area (Å²) < 4.78 is 8.04. The molecule has 4 heterocycles. The van der Waals surface area contributed by atoms with Crippen molar-refractivity contribution in [1.29, 1.82) is 0 Å². The van der Waals surface area contributed by atoms with Crippen molar-refractivity contribution in [3.05, 3.63) is 84.5 Å². The van der Waals surface area contributed by atoms with Crippen LogP contribution in [0.1, 0.15) is 5.56 Å². The van der Waals surface area contributed by atoms with E-state index in [-0.39, 0.29) is 0 Å². The maximum atomic E-state index is 6.10. The van der Waals surface area contributed by atoms with Gasteiger partial charge in [0.2, 0.25) is 5.13 Å². The number of benzene rings is 2. The van der Waals surface area contributed by atoms with Crippen LogP contribution in [0.5, 0.6) is 11.5 Å². The van der Waals surface area contributed by atoms with Crippen molar-refractivity contribution in [3.63, 3.8) is 0 Å². The molecule has 166 valence electrons. The van der Waals surface area contributed by atoms with Gasteiger partial charge in [-0.25, -0.2) is 15.0 Å². The Balaban J connectivity index is 1.25. The van der Waals surface area contributed by atoms with Gasteiger partial charge in [0.05, 0.1) is 5.52 Å². The number of hydrogen-bond donors (Lipinski definition) is 2. The Kier molecular flexibility index (Phi) is 4.96. The molecule has 0 amide bonds. The molecule has 0 saturated carbocycles. The smallest absolute Gasteiger partial charge is 0.209 e. The first kappa shape index (κ1) is 20.1. The first-order valence-electron chi connectivity index (χ1n) is 10.5. The fourth-order valence-corrected chi connectivity index (χ4v) is 4.11. The van der Waals surface area contributed by atoms with Crippen LogP contribution in [0.4, 0.5) is 22.3 Å². The van der Waals surface area contributed by atoms with Gasteiger partial charge in [-0.05, 0) is 55.0 Å². The average molecular weight is 467 g/mol. The molecule has 0 radical (unpaired) electrons. The minimum atomic E-state index is 0.712. The highest BCUT2D eigenvalue weighted by Gasteiger charge is 2.09. The molecule has 0 bridgehead atoms. The molecule has 2 N–H and O–H groups in total. The Labute approximate surface area is 198 Å². The van der Waals surface area contributed by atoms with Crippen molar-refractivity contribution in [2.24, 2.45) is 0 Å².